The Balaban J connectivity index is 1.68. The van der Waals surface area contributed by atoms with Crippen molar-refractivity contribution in [3.05, 3.63) is 94.1 Å². The number of fused-ring (bicyclic) bond motifs is 2. The van der Waals surface area contributed by atoms with Crippen LogP contribution in [0.15, 0.2) is 77.6 Å². The molecule has 1 heterocycles. The third kappa shape index (κ3) is 3.61. The second-order valence-corrected chi connectivity index (χ2v) is 7.64. The fraction of sp³-hybridized carbons (Fsp3) is 0.231. The molecule has 0 aliphatic heterocycles. The van der Waals surface area contributed by atoms with Crippen molar-refractivity contribution in [2.24, 2.45) is 0 Å². The monoisotopic (exact) mass is 383 g/mol. The van der Waals surface area contributed by atoms with Crippen LogP contribution in [0.2, 0.25) is 0 Å². The van der Waals surface area contributed by atoms with Crippen LogP contribution in [-0.4, -0.2) is 10.5 Å². The van der Waals surface area contributed by atoms with E-state index in [1.54, 1.807) is 16.7 Å². The molecule has 146 valence electrons. The van der Waals surface area contributed by atoms with Gasteiger partial charge in [0, 0.05) is 17.2 Å². The molecule has 3 aromatic carbocycles. The summed E-state index contributed by atoms with van der Waals surface area (Å²) in [7, 11) is 0. The lowest BCUT2D eigenvalue weighted by Gasteiger charge is -2.14. The Morgan fingerprint density at radius 1 is 0.862 bits per heavy atom. The summed E-state index contributed by atoms with van der Waals surface area (Å²) in [4.78, 5) is 26.1. The normalized spacial score (nSPS) is 12.3. The standard InChI is InChI=1S/C26H25NO2/c1-3-18(2)20-15-12-19(13-16-20)14-17-25(28)27-23-10-6-4-8-21(23)26(29)22-9-5-7-11-24(22)27/h4-13,15-16,18H,3,14,17H2,1-2H3. The van der Waals surface area contributed by atoms with Crippen molar-refractivity contribution in [2.45, 2.75) is 39.0 Å². The largest absolute Gasteiger partial charge is 0.288 e. The molecule has 3 heteroatoms. The van der Waals surface area contributed by atoms with E-state index in [2.05, 4.69) is 38.1 Å². The second kappa shape index (κ2) is 8.04. The van der Waals surface area contributed by atoms with Gasteiger partial charge < -0.3 is 0 Å². The predicted molar refractivity (Wildman–Crippen MR) is 120 cm³/mol. The van der Waals surface area contributed by atoms with E-state index in [4.69, 9.17) is 0 Å². The van der Waals surface area contributed by atoms with Gasteiger partial charge in [-0.25, -0.2) is 0 Å². The molecule has 4 aromatic rings. The minimum atomic E-state index is -0.0270. The van der Waals surface area contributed by atoms with Gasteiger partial charge in [0.2, 0.25) is 5.91 Å². The van der Waals surface area contributed by atoms with Crippen molar-refractivity contribution in [2.75, 3.05) is 0 Å². The highest BCUT2D eigenvalue weighted by Crippen LogP contribution is 2.21. The van der Waals surface area contributed by atoms with Crippen LogP contribution in [0.1, 0.15) is 48.5 Å². The van der Waals surface area contributed by atoms with Crippen LogP contribution in [0, 0.1) is 0 Å². The lowest BCUT2D eigenvalue weighted by Crippen LogP contribution is -2.18. The number of aromatic nitrogens is 1. The van der Waals surface area contributed by atoms with Crippen LogP contribution in [0.5, 0.6) is 0 Å². The van der Waals surface area contributed by atoms with Gasteiger partial charge in [-0.3, -0.25) is 14.2 Å². The highest BCUT2D eigenvalue weighted by molar-refractivity contribution is 6.02. The average Bonchev–Trinajstić information content (AvgIpc) is 2.78. The molecule has 4 rings (SSSR count). The van der Waals surface area contributed by atoms with Crippen molar-refractivity contribution < 1.29 is 4.79 Å². The van der Waals surface area contributed by atoms with Gasteiger partial charge in [-0.05, 0) is 54.2 Å². The summed E-state index contributed by atoms with van der Waals surface area (Å²) < 4.78 is 1.71. The van der Waals surface area contributed by atoms with Gasteiger partial charge in [-0.1, -0.05) is 62.4 Å². The molecule has 1 atom stereocenters. The molecule has 1 aromatic heterocycles. The molecule has 1 unspecified atom stereocenters. The van der Waals surface area contributed by atoms with E-state index in [1.807, 2.05) is 36.4 Å². The first-order valence-electron chi connectivity index (χ1n) is 10.2. The van der Waals surface area contributed by atoms with Crippen LogP contribution < -0.4 is 5.43 Å². The number of carbonyl (C=O) groups is 1. The third-order valence-electron chi connectivity index (χ3n) is 5.82. The lowest BCUT2D eigenvalue weighted by atomic mass is 9.97. The maximum Gasteiger partial charge on any atom is 0.231 e. The van der Waals surface area contributed by atoms with Crippen molar-refractivity contribution in [3.63, 3.8) is 0 Å². The SMILES string of the molecule is CCC(C)c1ccc(CCC(=O)n2c3ccccc3c(=O)c3ccccc32)cc1. The zero-order valence-corrected chi connectivity index (χ0v) is 16.9. The zero-order chi connectivity index (χ0) is 20.4. The molecule has 0 saturated heterocycles. The minimum Gasteiger partial charge on any atom is -0.288 e. The topological polar surface area (TPSA) is 39.1 Å². The molecule has 0 radical (unpaired) electrons. The van der Waals surface area contributed by atoms with E-state index < -0.39 is 0 Å². The highest BCUT2D eigenvalue weighted by Gasteiger charge is 2.15. The van der Waals surface area contributed by atoms with Crippen LogP contribution in [0.3, 0.4) is 0 Å². The number of rotatable bonds is 5. The smallest absolute Gasteiger partial charge is 0.231 e. The number of para-hydroxylation sites is 2. The molecule has 0 spiro atoms. The summed E-state index contributed by atoms with van der Waals surface area (Å²) in [5, 5.41) is 1.16. The van der Waals surface area contributed by atoms with E-state index in [9.17, 15) is 9.59 Å². The van der Waals surface area contributed by atoms with Gasteiger partial charge >= 0.3 is 0 Å². The first kappa shape index (κ1) is 19.1. The van der Waals surface area contributed by atoms with Gasteiger partial charge in [0.1, 0.15) is 0 Å². The Hall–Kier alpha value is -3.20. The molecule has 0 fully saturated rings. The molecule has 0 N–H and O–H groups in total. The third-order valence-corrected chi connectivity index (χ3v) is 5.82. The number of aryl methyl sites for hydroxylation is 1. The number of pyridine rings is 1. The predicted octanol–water partition coefficient (Wildman–Crippen LogP) is 5.94. The van der Waals surface area contributed by atoms with Crippen molar-refractivity contribution in [1.82, 2.24) is 4.57 Å². The maximum atomic E-state index is 13.2. The molecule has 29 heavy (non-hydrogen) atoms. The lowest BCUT2D eigenvalue weighted by molar-refractivity contribution is 0.0912. The van der Waals surface area contributed by atoms with Gasteiger partial charge in [0.05, 0.1) is 11.0 Å². The summed E-state index contributed by atoms with van der Waals surface area (Å²) in [5.41, 5.74) is 3.81. The number of nitrogens with zero attached hydrogens (tertiary/aromatic N) is 1. The van der Waals surface area contributed by atoms with E-state index in [0.29, 0.717) is 40.6 Å². The molecule has 0 bridgehead atoms. The van der Waals surface area contributed by atoms with E-state index in [0.717, 1.165) is 12.0 Å². The van der Waals surface area contributed by atoms with Crippen LogP contribution in [-0.2, 0) is 6.42 Å². The summed E-state index contributed by atoms with van der Waals surface area (Å²) in [5.74, 6) is 0.549. The number of benzene rings is 3. The minimum absolute atomic E-state index is 0.00315. The van der Waals surface area contributed by atoms with Crippen LogP contribution >= 0.6 is 0 Å². The number of hydrogen-bond donors (Lipinski definition) is 0. The van der Waals surface area contributed by atoms with E-state index in [-0.39, 0.29) is 11.3 Å². The Morgan fingerprint density at radius 2 is 1.41 bits per heavy atom. The molecule has 3 nitrogen and oxygen atoms in total. The first-order chi connectivity index (χ1) is 14.1. The molecular formula is C26H25NO2. The maximum absolute atomic E-state index is 13.2. The first-order valence-corrected chi connectivity index (χ1v) is 10.2. The summed E-state index contributed by atoms with van der Waals surface area (Å²) in [6.07, 6.45) is 2.18. The number of carbonyl (C=O) groups excluding carboxylic acids is 1. The van der Waals surface area contributed by atoms with E-state index >= 15 is 0 Å². The fourth-order valence-corrected chi connectivity index (χ4v) is 3.88. The van der Waals surface area contributed by atoms with Gasteiger partial charge in [0.15, 0.2) is 5.43 Å². The molecule has 0 aliphatic carbocycles. The fourth-order valence-electron chi connectivity index (χ4n) is 3.88. The Morgan fingerprint density at radius 3 is 1.97 bits per heavy atom. The molecular weight excluding hydrogens is 358 g/mol. The van der Waals surface area contributed by atoms with Gasteiger partial charge in [-0.15, -0.1) is 0 Å². The molecule has 0 amide bonds. The van der Waals surface area contributed by atoms with Gasteiger partial charge in [0.25, 0.3) is 0 Å². The van der Waals surface area contributed by atoms with Crippen LogP contribution in [0.4, 0.5) is 0 Å². The van der Waals surface area contributed by atoms with Crippen molar-refractivity contribution >= 4 is 27.7 Å². The Kier molecular flexibility index (Phi) is 5.30. The summed E-state index contributed by atoms with van der Waals surface area (Å²) >= 11 is 0. The Labute approximate surface area is 170 Å². The average molecular weight is 383 g/mol. The van der Waals surface area contributed by atoms with Crippen molar-refractivity contribution in [3.8, 4) is 0 Å². The van der Waals surface area contributed by atoms with Crippen LogP contribution in [0.25, 0.3) is 21.8 Å². The molecule has 0 saturated carbocycles. The summed E-state index contributed by atoms with van der Waals surface area (Å²) in [6.45, 7) is 4.42. The zero-order valence-electron chi connectivity index (χ0n) is 16.9. The summed E-state index contributed by atoms with van der Waals surface area (Å²) in [6, 6.07) is 23.3. The molecule has 0 aliphatic rings. The van der Waals surface area contributed by atoms with Gasteiger partial charge in [-0.2, -0.15) is 0 Å². The quantitative estimate of drug-likeness (QED) is 0.400. The Bertz CT molecular complexity index is 1180. The van der Waals surface area contributed by atoms with Crippen molar-refractivity contribution in [1.29, 1.82) is 0 Å². The van der Waals surface area contributed by atoms with E-state index in [1.165, 1.54) is 5.56 Å². The second-order valence-electron chi connectivity index (χ2n) is 7.64. The highest BCUT2D eigenvalue weighted by atomic mass is 16.2. The number of hydrogen-bond acceptors (Lipinski definition) is 2.